The van der Waals surface area contributed by atoms with Gasteiger partial charge in [0, 0.05) is 17.4 Å². The molecule has 0 radical (unpaired) electrons. The van der Waals surface area contributed by atoms with Crippen LogP contribution in [0.4, 0.5) is 15.8 Å². The average molecular weight is 349 g/mol. The Morgan fingerprint density at radius 1 is 0.885 bits per heavy atom. The van der Waals surface area contributed by atoms with E-state index in [-0.39, 0.29) is 16.9 Å². The van der Waals surface area contributed by atoms with Crippen molar-refractivity contribution in [1.29, 1.82) is 0 Å². The number of carbonyl (C=O) groups is 2. The number of benzene rings is 2. The van der Waals surface area contributed by atoms with E-state index in [0.717, 1.165) is 5.56 Å². The third kappa shape index (κ3) is 3.92. The number of amides is 2. The molecule has 2 N–H and O–H groups in total. The van der Waals surface area contributed by atoms with Crippen molar-refractivity contribution in [2.45, 2.75) is 6.92 Å². The number of hydrogen-bond acceptors (Lipinski definition) is 3. The summed E-state index contributed by atoms with van der Waals surface area (Å²) in [7, 11) is 0. The lowest BCUT2D eigenvalue weighted by Crippen LogP contribution is -2.17. The smallest absolute Gasteiger partial charge is 0.274 e. The Kier molecular flexibility index (Phi) is 5.03. The number of hydrogen-bond donors (Lipinski definition) is 2. The fraction of sp³-hybridized carbons (Fsp3) is 0.0500. The summed E-state index contributed by atoms with van der Waals surface area (Å²) in [5.41, 5.74) is 1.95. The minimum absolute atomic E-state index is 0.0697. The number of pyridine rings is 1. The molecule has 0 saturated heterocycles. The third-order valence-electron chi connectivity index (χ3n) is 3.77. The van der Waals surface area contributed by atoms with Gasteiger partial charge in [0.25, 0.3) is 11.8 Å². The Hall–Kier alpha value is -3.54. The van der Waals surface area contributed by atoms with Crippen LogP contribution in [0.25, 0.3) is 0 Å². The number of aryl methyl sites for hydroxylation is 1. The van der Waals surface area contributed by atoms with E-state index in [1.165, 1.54) is 36.5 Å². The standard InChI is InChI=1S/C20H16FN3O2/c1-13-6-2-4-8-16(13)23-20(26)18-12-14(10-11-22-18)19(25)24-17-9-5-3-7-15(17)21/h2-12H,1H3,(H,23,26)(H,24,25). The number of nitrogens with zero attached hydrogens (tertiary/aromatic N) is 1. The van der Waals surface area contributed by atoms with E-state index >= 15 is 0 Å². The largest absolute Gasteiger partial charge is 0.320 e. The number of anilines is 2. The molecule has 1 heterocycles. The van der Waals surface area contributed by atoms with Gasteiger partial charge in [-0.3, -0.25) is 14.6 Å². The molecular formula is C20H16FN3O2. The number of nitrogens with one attached hydrogen (secondary N) is 2. The van der Waals surface area contributed by atoms with Crippen molar-refractivity contribution < 1.29 is 14.0 Å². The minimum Gasteiger partial charge on any atom is -0.320 e. The molecule has 6 heteroatoms. The van der Waals surface area contributed by atoms with E-state index in [1.54, 1.807) is 12.1 Å². The van der Waals surface area contributed by atoms with Crippen molar-refractivity contribution in [2.75, 3.05) is 10.6 Å². The van der Waals surface area contributed by atoms with Gasteiger partial charge in [0.15, 0.2) is 0 Å². The summed E-state index contributed by atoms with van der Waals surface area (Å²) < 4.78 is 13.7. The van der Waals surface area contributed by atoms with Crippen molar-refractivity contribution in [2.24, 2.45) is 0 Å². The number of aromatic nitrogens is 1. The van der Waals surface area contributed by atoms with Crippen LogP contribution in [0.2, 0.25) is 0 Å². The van der Waals surface area contributed by atoms with Gasteiger partial charge in [0.1, 0.15) is 11.5 Å². The predicted molar refractivity (Wildman–Crippen MR) is 97.7 cm³/mol. The van der Waals surface area contributed by atoms with E-state index in [2.05, 4.69) is 15.6 Å². The van der Waals surface area contributed by atoms with E-state index in [4.69, 9.17) is 0 Å². The first-order valence-electron chi connectivity index (χ1n) is 7.93. The molecule has 0 spiro atoms. The molecule has 26 heavy (non-hydrogen) atoms. The van der Waals surface area contributed by atoms with Crippen molar-refractivity contribution in [3.8, 4) is 0 Å². The van der Waals surface area contributed by atoms with Crippen molar-refractivity contribution in [3.63, 3.8) is 0 Å². The molecule has 0 fully saturated rings. The molecule has 0 bridgehead atoms. The van der Waals surface area contributed by atoms with Gasteiger partial charge in [-0.1, -0.05) is 30.3 Å². The zero-order chi connectivity index (χ0) is 18.5. The SMILES string of the molecule is Cc1ccccc1NC(=O)c1cc(C(=O)Nc2ccccc2F)ccn1. The molecule has 0 saturated carbocycles. The molecule has 0 aliphatic heterocycles. The van der Waals surface area contributed by atoms with Crippen molar-refractivity contribution in [3.05, 3.63) is 89.5 Å². The maximum atomic E-state index is 13.7. The first kappa shape index (κ1) is 17.3. The third-order valence-corrected chi connectivity index (χ3v) is 3.77. The highest BCUT2D eigenvalue weighted by atomic mass is 19.1. The van der Waals surface area contributed by atoms with Gasteiger partial charge in [-0.05, 0) is 42.8 Å². The summed E-state index contributed by atoms with van der Waals surface area (Å²) >= 11 is 0. The maximum Gasteiger partial charge on any atom is 0.274 e. The van der Waals surface area contributed by atoms with Crippen LogP contribution >= 0.6 is 0 Å². The molecule has 130 valence electrons. The minimum atomic E-state index is -0.535. The van der Waals surface area contributed by atoms with Gasteiger partial charge in [-0.15, -0.1) is 0 Å². The fourth-order valence-electron chi connectivity index (χ4n) is 2.35. The van der Waals surface area contributed by atoms with Crippen LogP contribution in [0.3, 0.4) is 0 Å². The summed E-state index contributed by atoms with van der Waals surface area (Å²) in [6.07, 6.45) is 1.36. The molecule has 0 aliphatic carbocycles. The molecule has 2 amide bonds. The number of halogens is 1. The summed E-state index contributed by atoms with van der Waals surface area (Å²) in [5, 5.41) is 5.24. The molecule has 3 aromatic rings. The first-order valence-corrected chi connectivity index (χ1v) is 7.93. The number of para-hydroxylation sites is 2. The van der Waals surface area contributed by atoms with Crippen LogP contribution in [0, 0.1) is 12.7 Å². The zero-order valence-electron chi connectivity index (χ0n) is 14.0. The number of carbonyl (C=O) groups excluding carboxylic acids is 2. The van der Waals surface area contributed by atoms with Crippen LogP contribution < -0.4 is 10.6 Å². The van der Waals surface area contributed by atoms with Crippen molar-refractivity contribution in [1.82, 2.24) is 4.98 Å². The second kappa shape index (κ2) is 7.57. The van der Waals surface area contributed by atoms with Gasteiger partial charge < -0.3 is 10.6 Å². The summed E-state index contributed by atoms with van der Waals surface area (Å²) in [6.45, 7) is 1.88. The number of rotatable bonds is 4. The summed E-state index contributed by atoms with van der Waals surface area (Å²) in [5.74, 6) is -1.49. The molecular weight excluding hydrogens is 333 g/mol. The highest BCUT2D eigenvalue weighted by Crippen LogP contribution is 2.16. The lowest BCUT2D eigenvalue weighted by molar-refractivity contribution is 0.102. The highest BCUT2D eigenvalue weighted by molar-refractivity contribution is 6.08. The van der Waals surface area contributed by atoms with Gasteiger partial charge in [-0.25, -0.2) is 4.39 Å². The summed E-state index contributed by atoms with van der Waals surface area (Å²) in [4.78, 5) is 28.7. The van der Waals surface area contributed by atoms with Gasteiger partial charge in [-0.2, -0.15) is 0 Å². The van der Waals surface area contributed by atoms with Crippen LogP contribution in [0.5, 0.6) is 0 Å². The Labute approximate surface area is 149 Å². The van der Waals surface area contributed by atoms with Crippen molar-refractivity contribution >= 4 is 23.2 Å². The van der Waals surface area contributed by atoms with Gasteiger partial charge in [0.05, 0.1) is 5.69 Å². The zero-order valence-corrected chi connectivity index (χ0v) is 14.0. The highest BCUT2D eigenvalue weighted by Gasteiger charge is 2.14. The Balaban J connectivity index is 1.77. The van der Waals surface area contributed by atoms with Crippen LogP contribution in [0.1, 0.15) is 26.4 Å². The monoisotopic (exact) mass is 349 g/mol. The first-order chi connectivity index (χ1) is 12.5. The molecule has 0 atom stereocenters. The predicted octanol–water partition coefficient (Wildman–Crippen LogP) is 4.03. The Morgan fingerprint density at radius 3 is 2.27 bits per heavy atom. The van der Waals surface area contributed by atoms with Crippen LogP contribution in [0.15, 0.2) is 66.9 Å². The second-order valence-electron chi connectivity index (χ2n) is 5.63. The molecule has 3 rings (SSSR count). The van der Waals surface area contributed by atoms with E-state index < -0.39 is 17.6 Å². The lowest BCUT2D eigenvalue weighted by Gasteiger charge is -2.09. The Bertz CT molecular complexity index is 898. The lowest BCUT2D eigenvalue weighted by atomic mass is 10.1. The topological polar surface area (TPSA) is 71.1 Å². The molecule has 2 aromatic carbocycles. The van der Waals surface area contributed by atoms with E-state index in [9.17, 15) is 14.0 Å². The van der Waals surface area contributed by atoms with Gasteiger partial charge in [0.2, 0.25) is 0 Å². The fourth-order valence-corrected chi connectivity index (χ4v) is 2.35. The summed E-state index contributed by atoms with van der Waals surface area (Å²) in [6, 6.07) is 16.0. The van der Waals surface area contributed by atoms with Crippen LogP contribution in [-0.2, 0) is 0 Å². The normalized spacial score (nSPS) is 10.2. The molecule has 5 nitrogen and oxygen atoms in total. The van der Waals surface area contributed by atoms with E-state index in [0.29, 0.717) is 5.69 Å². The van der Waals surface area contributed by atoms with E-state index in [1.807, 2.05) is 25.1 Å². The second-order valence-corrected chi connectivity index (χ2v) is 5.63. The molecule has 1 aromatic heterocycles. The Morgan fingerprint density at radius 2 is 1.54 bits per heavy atom. The van der Waals surface area contributed by atoms with Crippen LogP contribution in [-0.4, -0.2) is 16.8 Å². The molecule has 0 unspecified atom stereocenters. The quantitative estimate of drug-likeness (QED) is 0.747. The molecule has 0 aliphatic rings. The van der Waals surface area contributed by atoms with Gasteiger partial charge >= 0.3 is 0 Å². The maximum absolute atomic E-state index is 13.7. The average Bonchev–Trinajstić information content (AvgIpc) is 2.65.